The van der Waals surface area contributed by atoms with Crippen LogP contribution in [0, 0.1) is 0 Å². The van der Waals surface area contributed by atoms with Gasteiger partial charge >= 0.3 is 0 Å². The lowest BCUT2D eigenvalue weighted by Gasteiger charge is -2.11. The zero-order valence-electron chi connectivity index (χ0n) is 20.1. The maximum Gasteiger partial charge on any atom is 0.277 e. The summed E-state index contributed by atoms with van der Waals surface area (Å²) in [4.78, 5) is 12.3. The molecule has 0 aliphatic rings. The molecular formula is C29H30N4O2. The van der Waals surface area contributed by atoms with Crippen molar-refractivity contribution in [2.24, 2.45) is 5.10 Å². The predicted molar refractivity (Wildman–Crippen MR) is 140 cm³/mol. The first-order valence-corrected chi connectivity index (χ1v) is 11.9. The highest BCUT2D eigenvalue weighted by Crippen LogP contribution is 2.23. The molecule has 0 aliphatic heterocycles. The number of nitrogens with zero attached hydrogens (tertiary/aromatic N) is 3. The Morgan fingerprint density at radius 1 is 1.03 bits per heavy atom. The minimum atomic E-state index is -0.332. The fraction of sp³-hybridized carbons (Fsp3) is 0.207. The molecule has 3 aromatic carbocycles. The van der Waals surface area contributed by atoms with E-state index in [1.165, 1.54) is 5.56 Å². The van der Waals surface area contributed by atoms with Crippen molar-refractivity contribution in [3.05, 3.63) is 102 Å². The Labute approximate surface area is 206 Å². The molecule has 4 rings (SSSR count). The average molecular weight is 467 g/mol. The fourth-order valence-electron chi connectivity index (χ4n) is 3.86. The molecule has 6 nitrogen and oxygen atoms in total. The van der Waals surface area contributed by atoms with Crippen molar-refractivity contribution < 1.29 is 9.53 Å². The lowest BCUT2D eigenvalue weighted by atomic mass is 9.97. The van der Waals surface area contributed by atoms with Crippen LogP contribution >= 0.6 is 0 Å². The smallest absolute Gasteiger partial charge is 0.277 e. The quantitative estimate of drug-likeness (QED) is 0.231. The van der Waals surface area contributed by atoms with Crippen molar-refractivity contribution in [1.29, 1.82) is 0 Å². The number of para-hydroxylation sites is 1. The van der Waals surface area contributed by atoms with Gasteiger partial charge in [0.1, 0.15) is 11.4 Å². The van der Waals surface area contributed by atoms with Crippen molar-refractivity contribution in [3.8, 4) is 22.7 Å². The van der Waals surface area contributed by atoms with Gasteiger partial charge in [-0.05, 0) is 42.2 Å². The van der Waals surface area contributed by atoms with Gasteiger partial charge in [-0.1, -0.05) is 80.9 Å². The molecular weight excluding hydrogens is 436 g/mol. The Morgan fingerprint density at radius 2 is 1.71 bits per heavy atom. The molecule has 1 amide bonds. The molecule has 0 bridgehead atoms. The molecule has 4 aromatic rings. The maximum absolute atomic E-state index is 12.3. The van der Waals surface area contributed by atoms with E-state index < -0.39 is 0 Å². The molecule has 1 atom stereocenters. The highest BCUT2D eigenvalue weighted by molar-refractivity contribution is 5.89. The molecule has 0 saturated heterocycles. The minimum Gasteiger partial charge on any atom is -0.484 e. The minimum absolute atomic E-state index is 0.115. The third-order valence-corrected chi connectivity index (χ3v) is 5.74. The Morgan fingerprint density at radius 3 is 2.40 bits per heavy atom. The summed E-state index contributed by atoms with van der Waals surface area (Å²) in [5.41, 5.74) is 7.30. The molecule has 0 saturated carbocycles. The van der Waals surface area contributed by atoms with Crippen molar-refractivity contribution in [1.82, 2.24) is 15.2 Å². The second-order valence-electron chi connectivity index (χ2n) is 8.42. The molecule has 6 heteroatoms. The molecule has 0 spiro atoms. The Kier molecular flexibility index (Phi) is 8.07. The van der Waals surface area contributed by atoms with Gasteiger partial charge in [-0.2, -0.15) is 10.2 Å². The van der Waals surface area contributed by atoms with Gasteiger partial charge in [0.2, 0.25) is 0 Å². The van der Waals surface area contributed by atoms with Gasteiger partial charge in [-0.15, -0.1) is 0 Å². The van der Waals surface area contributed by atoms with Crippen LogP contribution in [-0.2, 0) is 4.79 Å². The Balaban J connectivity index is 1.39. The van der Waals surface area contributed by atoms with Crippen LogP contribution in [0.2, 0.25) is 0 Å². The van der Waals surface area contributed by atoms with Crippen LogP contribution in [0.25, 0.3) is 16.9 Å². The third-order valence-electron chi connectivity index (χ3n) is 5.74. The summed E-state index contributed by atoms with van der Waals surface area (Å²) in [5, 5.41) is 8.89. The predicted octanol–water partition coefficient (Wildman–Crippen LogP) is 5.97. The first kappa shape index (κ1) is 24.0. The number of hydrogen-bond donors (Lipinski definition) is 1. The second kappa shape index (κ2) is 11.8. The van der Waals surface area contributed by atoms with E-state index in [0.717, 1.165) is 35.3 Å². The molecule has 35 heavy (non-hydrogen) atoms. The monoisotopic (exact) mass is 466 g/mol. The first-order chi connectivity index (χ1) is 17.1. The summed E-state index contributed by atoms with van der Waals surface area (Å²) in [6, 6.07) is 27.7. The standard InChI is InChI=1S/C29H30N4O2/c1-3-10-22(2)23-15-17-27(18-16-23)35-21-28(34)31-30-19-25-20-33(26-13-8-5-9-14-26)32-29(25)24-11-6-4-7-12-24/h4-9,11-20,22H,3,10,21H2,1-2H3,(H,31,34)/b30-19+/t22-/m0/s1. The average Bonchev–Trinajstić information content (AvgIpc) is 3.33. The van der Waals surface area contributed by atoms with Crippen molar-refractivity contribution >= 4 is 12.1 Å². The first-order valence-electron chi connectivity index (χ1n) is 11.9. The van der Waals surface area contributed by atoms with E-state index in [4.69, 9.17) is 9.84 Å². The third kappa shape index (κ3) is 6.44. The van der Waals surface area contributed by atoms with Crippen molar-refractivity contribution in [2.75, 3.05) is 6.61 Å². The number of nitrogens with one attached hydrogen (secondary N) is 1. The summed E-state index contributed by atoms with van der Waals surface area (Å²) in [7, 11) is 0. The number of aromatic nitrogens is 2. The zero-order valence-corrected chi connectivity index (χ0v) is 20.1. The van der Waals surface area contributed by atoms with Gasteiger partial charge in [0, 0.05) is 17.3 Å². The van der Waals surface area contributed by atoms with Crippen LogP contribution in [0.1, 0.15) is 43.7 Å². The number of rotatable bonds is 10. The normalized spacial score (nSPS) is 11.9. The van der Waals surface area contributed by atoms with Gasteiger partial charge in [0.25, 0.3) is 5.91 Å². The number of hydrazone groups is 1. The summed E-state index contributed by atoms with van der Waals surface area (Å²) in [6.45, 7) is 4.29. The molecule has 1 aromatic heterocycles. The molecule has 0 radical (unpaired) electrons. The highest BCUT2D eigenvalue weighted by atomic mass is 16.5. The van der Waals surface area contributed by atoms with Gasteiger partial charge in [-0.25, -0.2) is 10.1 Å². The van der Waals surface area contributed by atoms with Gasteiger partial charge in [0.05, 0.1) is 11.9 Å². The maximum atomic E-state index is 12.3. The van der Waals surface area contributed by atoms with Crippen molar-refractivity contribution in [3.63, 3.8) is 0 Å². The van der Waals surface area contributed by atoms with E-state index in [2.05, 4.69) is 36.5 Å². The number of amides is 1. The largest absolute Gasteiger partial charge is 0.484 e. The number of ether oxygens (including phenoxy) is 1. The van der Waals surface area contributed by atoms with Crippen LogP contribution in [0.4, 0.5) is 0 Å². The van der Waals surface area contributed by atoms with Gasteiger partial charge < -0.3 is 4.74 Å². The molecule has 0 unspecified atom stereocenters. The Hall–Kier alpha value is -4.19. The van der Waals surface area contributed by atoms with E-state index in [9.17, 15) is 4.79 Å². The molecule has 1 N–H and O–H groups in total. The molecule has 1 heterocycles. The lowest BCUT2D eigenvalue weighted by Crippen LogP contribution is -2.24. The topological polar surface area (TPSA) is 68.5 Å². The fourth-order valence-corrected chi connectivity index (χ4v) is 3.86. The molecule has 0 aliphatic carbocycles. The van der Waals surface area contributed by atoms with Crippen LogP contribution in [-0.4, -0.2) is 28.5 Å². The van der Waals surface area contributed by atoms with Crippen LogP contribution in [0.5, 0.6) is 5.75 Å². The highest BCUT2D eigenvalue weighted by Gasteiger charge is 2.11. The SMILES string of the molecule is CCC[C@H](C)c1ccc(OCC(=O)N/N=C/c2cn(-c3ccccc3)nc2-c2ccccc2)cc1. The van der Waals surface area contributed by atoms with Crippen molar-refractivity contribution in [2.45, 2.75) is 32.6 Å². The molecule has 178 valence electrons. The van der Waals surface area contributed by atoms with E-state index in [1.807, 2.05) is 79.0 Å². The Bertz CT molecular complexity index is 1250. The second-order valence-corrected chi connectivity index (χ2v) is 8.42. The van der Waals surface area contributed by atoms with Gasteiger partial charge in [-0.3, -0.25) is 4.79 Å². The van der Waals surface area contributed by atoms with E-state index in [-0.39, 0.29) is 12.5 Å². The number of carbonyl (C=O) groups excluding carboxylic acids is 1. The van der Waals surface area contributed by atoms with Gasteiger partial charge in [0.15, 0.2) is 6.61 Å². The molecule has 0 fully saturated rings. The summed E-state index contributed by atoms with van der Waals surface area (Å²) < 4.78 is 7.42. The van der Waals surface area contributed by atoms with E-state index in [0.29, 0.717) is 11.7 Å². The van der Waals surface area contributed by atoms with Crippen LogP contribution < -0.4 is 10.2 Å². The van der Waals surface area contributed by atoms with Crippen LogP contribution in [0.15, 0.2) is 96.2 Å². The zero-order chi connectivity index (χ0) is 24.5. The van der Waals surface area contributed by atoms with Crippen LogP contribution in [0.3, 0.4) is 0 Å². The summed E-state index contributed by atoms with van der Waals surface area (Å²) >= 11 is 0. The summed E-state index contributed by atoms with van der Waals surface area (Å²) in [5.74, 6) is 0.840. The lowest BCUT2D eigenvalue weighted by molar-refractivity contribution is -0.123. The number of hydrogen-bond acceptors (Lipinski definition) is 4. The number of carbonyl (C=O) groups is 1. The van der Waals surface area contributed by atoms with E-state index in [1.54, 1.807) is 10.9 Å². The van der Waals surface area contributed by atoms with E-state index >= 15 is 0 Å². The summed E-state index contributed by atoms with van der Waals surface area (Å²) in [6.07, 6.45) is 5.80. The number of benzene rings is 3.